The van der Waals surface area contributed by atoms with Gasteiger partial charge in [0.2, 0.25) is 0 Å². The third kappa shape index (κ3) is 3.28. The number of nitrogens with two attached hydrogens (primary N) is 1. The molecule has 118 valence electrons. The van der Waals surface area contributed by atoms with E-state index in [-0.39, 0.29) is 24.1 Å². The lowest BCUT2D eigenvalue weighted by molar-refractivity contribution is 0.0782. The van der Waals surface area contributed by atoms with Crippen LogP contribution >= 0.6 is 12.4 Å². The maximum absolute atomic E-state index is 12.9. The number of carbonyl (C=O) groups is 1. The average Bonchev–Trinajstić information content (AvgIpc) is 3.16. The Balaban J connectivity index is 0.00000176. The van der Waals surface area contributed by atoms with Gasteiger partial charge in [0.1, 0.15) is 11.5 Å². The molecule has 3 rings (SSSR count). The van der Waals surface area contributed by atoms with Gasteiger partial charge in [-0.2, -0.15) is 5.10 Å². The highest BCUT2D eigenvalue weighted by Gasteiger charge is 2.27. The number of nitrogens with one attached hydrogen (secondary N) is 1. The maximum atomic E-state index is 12.9. The smallest absolute Gasteiger partial charge is 0.271 e. The highest BCUT2D eigenvalue weighted by Crippen LogP contribution is 2.21. The predicted octanol–water partition coefficient (Wildman–Crippen LogP) is 2.06. The fourth-order valence-corrected chi connectivity index (χ4v) is 2.58. The first-order chi connectivity index (χ1) is 10.2. The van der Waals surface area contributed by atoms with Crippen LogP contribution in [0.1, 0.15) is 16.9 Å². The molecule has 1 fully saturated rings. The minimum Gasteiger partial charge on any atom is -0.337 e. The summed E-state index contributed by atoms with van der Waals surface area (Å²) in [6, 6.07) is 7.72. The predicted molar refractivity (Wildman–Crippen MR) is 84.3 cm³/mol. The van der Waals surface area contributed by atoms with Gasteiger partial charge in [0, 0.05) is 18.7 Å². The molecular weight excluding hydrogens is 307 g/mol. The molecular formula is C15H18ClFN4O. The number of aromatic amines is 1. The van der Waals surface area contributed by atoms with Crippen LogP contribution < -0.4 is 5.73 Å². The second-order valence-electron chi connectivity index (χ2n) is 5.32. The summed E-state index contributed by atoms with van der Waals surface area (Å²) in [5.41, 5.74) is 7.49. The molecule has 1 atom stereocenters. The Labute approximate surface area is 134 Å². The van der Waals surface area contributed by atoms with Crippen molar-refractivity contribution in [1.82, 2.24) is 15.1 Å². The summed E-state index contributed by atoms with van der Waals surface area (Å²) in [6.07, 6.45) is 0.946. The molecule has 2 aromatic rings. The molecule has 0 radical (unpaired) electrons. The first-order valence-corrected chi connectivity index (χ1v) is 6.98. The van der Waals surface area contributed by atoms with Crippen molar-refractivity contribution >= 4 is 18.3 Å². The van der Waals surface area contributed by atoms with Gasteiger partial charge in [-0.1, -0.05) is 0 Å². The van der Waals surface area contributed by atoms with Gasteiger partial charge in [-0.25, -0.2) is 4.39 Å². The lowest BCUT2D eigenvalue weighted by Crippen LogP contribution is -2.30. The number of amides is 1. The fourth-order valence-electron chi connectivity index (χ4n) is 2.58. The number of rotatable bonds is 3. The van der Waals surface area contributed by atoms with Crippen LogP contribution in [0.2, 0.25) is 0 Å². The number of H-pyrrole nitrogens is 1. The maximum Gasteiger partial charge on any atom is 0.271 e. The minimum atomic E-state index is -0.296. The molecule has 1 unspecified atom stereocenters. The molecule has 0 spiro atoms. The molecule has 1 aliphatic heterocycles. The number of hydrogen-bond acceptors (Lipinski definition) is 3. The summed E-state index contributed by atoms with van der Waals surface area (Å²) in [7, 11) is 0. The van der Waals surface area contributed by atoms with Crippen molar-refractivity contribution in [2.45, 2.75) is 6.42 Å². The highest BCUT2D eigenvalue weighted by molar-refractivity contribution is 5.93. The molecule has 1 aromatic heterocycles. The zero-order valence-corrected chi connectivity index (χ0v) is 12.8. The summed E-state index contributed by atoms with van der Waals surface area (Å²) in [4.78, 5) is 14.2. The van der Waals surface area contributed by atoms with Crippen LogP contribution in [0.3, 0.4) is 0 Å². The third-order valence-corrected chi connectivity index (χ3v) is 3.85. The van der Waals surface area contributed by atoms with Gasteiger partial charge >= 0.3 is 0 Å². The van der Waals surface area contributed by atoms with Gasteiger partial charge in [-0.3, -0.25) is 9.89 Å². The monoisotopic (exact) mass is 324 g/mol. The number of aromatic nitrogens is 2. The van der Waals surface area contributed by atoms with E-state index in [9.17, 15) is 9.18 Å². The molecule has 1 aromatic carbocycles. The van der Waals surface area contributed by atoms with Gasteiger partial charge in [-0.15, -0.1) is 12.4 Å². The van der Waals surface area contributed by atoms with Crippen molar-refractivity contribution in [2.75, 3.05) is 19.6 Å². The van der Waals surface area contributed by atoms with Gasteiger partial charge in [0.15, 0.2) is 0 Å². The molecule has 0 saturated carbocycles. The third-order valence-electron chi connectivity index (χ3n) is 3.85. The number of halogens is 2. The molecule has 0 aliphatic carbocycles. The molecule has 1 amide bonds. The van der Waals surface area contributed by atoms with E-state index < -0.39 is 0 Å². The van der Waals surface area contributed by atoms with Gasteiger partial charge < -0.3 is 10.6 Å². The molecule has 22 heavy (non-hydrogen) atoms. The number of likely N-dealkylation sites (tertiary alicyclic amines) is 1. The molecule has 3 N–H and O–H groups in total. The van der Waals surface area contributed by atoms with E-state index in [2.05, 4.69) is 10.2 Å². The Bertz CT molecular complexity index is 643. The van der Waals surface area contributed by atoms with E-state index in [1.165, 1.54) is 12.1 Å². The average molecular weight is 325 g/mol. The minimum absolute atomic E-state index is 0. The van der Waals surface area contributed by atoms with Crippen molar-refractivity contribution in [3.05, 3.63) is 41.8 Å². The van der Waals surface area contributed by atoms with Crippen LogP contribution in [0.15, 0.2) is 30.3 Å². The summed E-state index contributed by atoms with van der Waals surface area (Å²) in [5, 5.41) is 6.89. The quantitative estimate of drug-likeness (QED) is 0.907. The Morgan fingerprint density at radius 1 is 1.41 bits per heavy atom. The van der Waals surface area contributed by atoms with Crippen molar-refractivity contribution < 1.29 is 9.18 Å². The number of carbonyl (C=O) groups excluding carboxylic acids is 1. The molecule has 1 aliphatic rings. The zero-order valence-electron chi connectivity index (χ0n) is 12.0. The van der Waals surface area contributed by atoms with E-state index in [0.717, 1.165) is 18.5 Å². The number of nitrogens with zero attached hydrogens (tertiary/aromatic N) is 2. The summed E-state index contributed by atoms with van der Waals surface area (Å²) in [5.74, 6) is 0.0238. The van der Waals surface area contributed by atoms with Crippen LogP contribution in [0.25, 0.3) is 11.3 Å². The highest BCUT2D eigenvalue weighted by atomic mass is 35.5. The molecule has 2 heterocycles. The Hall–Kier alpha value is -1.92. The van der Waals surface area contributed by atoms with Crippen molar-refractivity contribution in [3.63, 3.8) is 0 Å². The fraction of sp³-hybridized carbons (Fsp3) is 0.333. The Morgan fingerprint density at radius 2 is 2.14 bits per heavy atom. The second kappa shape index (κ2) is 6.89. The van der Waals surface area contributed by atoms with Crippen LogP contribution in [-0.4, -0.2) is 40.6 Å². The first kappa shape index (κ1) is 16.5. The molecule has 5 nitrogen and oxygen atoms in total. The first-order valence-electron chi connectivity index (χ1n) is 6.98. The van der Waals surface area contributed by atoms with Crippen LogP contribution in [0, 0.1) is 11.7 Å². The van der Waals surface area contributed by atoms with Crippen LogP contribution in [0.4, 0.5) is 4.39 Å². The lowest BCUT2D eigenvalue weighted by atomic mass is 10.1. The SMILES string of the molecule is Cl.NCC1CCN(C(=O)c2cc(-c3ccc(F)cc3)n[nH]2)C1. The molecule has 1 saturated heterocycles. The van der Waals surface area contributed by atoms with E-state index in [4.69, 9.17) is 5.73 Å². The van der Waals surface area contributed by atoms with Crippen LogP contribution in [-0.2, 0) is 0 Å². The number of benzene rings is 1. The Kier molecular flexibility index (Phi) is 5.15. The summed E-state index contributed by atoms with van der Waals surface area (Å²) < 4.78 is 12.9. The zero-order chi connectivity index (χ0) is 14.8. The van der Waals surface area contributed by atoms with Crippen molar-refractivity contribution in [3.8, 4) is 11.3 Å². The van der Waals surface area contributed by atoms with Gasteiger partial charge in [0.25, 0.3) is 5.91 Å². The lowest BCUT2D eigenvalue weighted by Gasteiger charge is -2.14. The van der Waals surface area contributed by atoms with Gasteiger partial charge in [0.05, 0.1) is 5.69 Å². The standard InChI is InChI=1S/C15H17FN4O.ClH/c16-12-3-1-11(2-4-12)13-7-14(19-18-13)15(21)20-6-5-10(8-17)9-20;/h1-4,7,10H,5-6,8-9,17H2,(H,18,19);1H. The normalized spacial score (nSPS) is 17.4. The van der Waals surface area contributed by atoms with E-state index in [1.807, 2.05) is 0 Å². The van der Waals surface area contributed by atoms with Gasteiger partial charge in [-0.05, 0) is 49.2 Å². The van der Waals surface area contributed by atoms with E-state index in [1.54, 1.807) is 23.1 Å². The summed E-state index contributed by atoms with van der Waals surface area (Å²) >= 11 is 0. The molecule has 0 bridgehead atoms. The molecule has 7 heteroatoms. The van der Waals surface area contributed by atoms with Crippen LogP contribution in [0.5, 0.6) is 0 Å². The van der Waals surface area contributed by atoms with Crippen molar-refractivity contribution in [1.29, 1.82) is 0 Å². The number of hydrogen-bond donors (Lipinski definition) is 2. The van der Waals surface area contributed by atoms with Crippen molar-refractivity contribution in [2.24, 2.45) is 11.7 Å². The second-order valence-corrected chi connectivity index (χ2v) is 5.32. The Morgan fingerprint density at radius 3 is 2.77 bits per heavy atom. The van der Waals surface area contributed by atoms with E-state index >= 15 is 0 Å². The largest absolute Gasteiger partial charge is 0.337 e. The summed E-state index contributed by atoms with van der Waals surface area (Å²) in [6.45, 7) is 2.03. The van der Waals surface area contributed by atoms with E-state index in [0.29, 0.717) is 30.4 Å². The topological polar surface area (TPSA) is 75.0 Å².